The number of hydrogen-bond acceptors (Lipinski definition) is 3. The number of benzene rings is 6. The highest BCUT2D eigenvalue weighted by Crippen LogP contribution is 2.38. The Bertz CT molecular complexity index is 2250. The van der Waals surface area contributed by atoms with E-state index >= 15 is 13.2 Å². The summed E-state index contributed by atoms with van der Waals surface area (Å²) in [6.07, 6.45) is 0. The van der Waals surface area contributed by atoms with E-state index in [1.54, 1.807) is 36.4 Å². The summed E-state index contributed by atoms with van der Waals surface area (Å²) >= 11 is 0. The van der Waals surface area contributed by atoms with Gasteiger partial charge in [0.25, 0.3) is 0 Å². The quantitative estimate of drug-likeness (QED) is 0.0727. The highest BCUT2D eigenvalue weighted by atomic mass is 28.3. The molecule has 246 valence electrons. The molecule has 50 heavy (non-hydrogen) atoms. The summed E-state index contributed by atoms with van der Waals surface area (Å²) in [6.45, 7) is 6.44. The standard InChI is InChI=1S/C42H31F4N3Si/c1-50(2,3)33-24-22-29(23-25-33)35-36(43)34(37(44)39(46)38(35)45)28-18-14-26(15-19-28)27-16-20-32(21-17-27)42-48-40(30-10-6-4-7-11-30)47-41(49-42)31-12-8-5-9-13-31/h4-25H,1-3H3. The third-order valence-corrected chi connectivity index (χ3v) is 10.7. The van der Waals surface area contributed by atoms with Crippen molar-refractivity contribution in [1.29, 1.82) is 0 Å². The van der Waals surface area contributed by atoms with Crippen molar-refractivity contribution in [2.75, 3.05) is 0 Å². The van der Waals surface area contributed by atoms with Gasteiger partial charge in [0.1, 0.15) is 5.82 Å². The maximum absolute atomic E-state index is 15.9. The molecule has 8 heteroatoms. The third kappa shape index (κ3) is 6.37. The van der Waals surface area contributed by atoms with Gasteiger partial charge in [0.15, 0.2) is 34.9 Å². The van der Waals surface area contributed by atoms with Gasteiger partial charge in [-0.3, -0.25) is 0 Å². The average Bonchev–Trinajstić information content (AvgIpc) is 3.15. The van der Waals surface area contributed by atoms with Crippen LogP contribution in [-0.2, 0) is 0 Å². The lowest BCUT2D eigenvalue weighted by Crippen LogP contribution is -2.37. The van der Waals surface area contributed by atoms with E-state index < -0.39 is 42.5 Å². The van der Waals surface area contributed by atoms with E-state index in [1.165, 1.54) is 12.1 Å². The van der Waals surface area contributed by atoms with Gasteiger partial charge in [-0.25, -0.2) is 32.5 Å². The molecular weight excluding hydrogens is 651 g/mol. The van der Waals surface area contributed by atoms with Crippen LogP contribution in [0.3, 0.4) is 0 Å². The van der Waals surface area contributed by atoms with Crippen molar-refractivity contribution in [3.05, 3.63) is 157 Å². The van der Waals surface area contributed by atoms with Crippen LogP contribution < -0.4 is 5.19 Å². The predicted octanol–water partition coefficient (Wildman–Crippen LogP) is 11.0. The van der Waals surface area contributed by atoms with Gasteiger partial charge in [-0.2, -0.15) is 0 Å². The average molecular weight is 682 g/mol. The van der Waals surface area contributed by atoms with Crippen LogP contribution in [0.2, 0.25) is 19.6 Å². The number of aromatic nitrogens is 3. The van der Waals surface area contributed by atoms with Crippen LogP contribution in [0.4, 0.5) is 17.6 Å². The molecule has 1 heterocycles. The van der Waals surface area contributed by atoms with E-state index in [2.05, 4.69) is 19.6 Å². The van der Waals surface area contributed by atoms with Crippen LogP contribution in [0.15, 0.2) is 133 Å². The second-order valence-corrected chi connectivity index (χ2v) is 18.1. The number of nitrogens with zero attached hydrogens (tertiary/aromatic N) is 3. The second-order valence-electron chi connectivity index (χ2n) is 13.0. The Morgan fingerprint density at radius 3 is 1.04 bits per heavy atom. The molecule has 7 aromatic rings. The van der Waals surface area contributed by atoms with Gasteiger partial charge < -0.3 is 0 Å². The van der Waals surface area contributed by atoms with E-state index in [0.29, 0.717) is 17.5 Å². The summed E-state index contributed by atoms with van der Waals surface area (Å²) in [7, 11) is -1.68. The summed E-state index contributed by atoms with van der Waals surface area (Å²) in [5.74, 6) is -4.37. The monoisotopic (exact) mass is 681 g/mol. The number of halogens is 4. The zero-order chi connectivity index (χ0) is 35.0. The molecule has 0 atom stereocenters. The molecule has 0 aliphatic rings. The van der Waals surface area contributed by atoms with E-state index in [1.807, 2.05) is 84.9 Å². The molecule has 0 aliphatic carbocycles. The Kier molecular flexibility index (Phi) is 8.72. The molecule has 0 radical (unpaired) electrons. The molecular formula is C42H31F4N3Si. The smallest absolute Gasteiger partial charge is 0.195 e. The van der Waals surface area contributed by atoms with Crippen LogP contribution >= 0.6 is 0 Å². The molecule has 0 N–H and O–H groups in total. The molecule has 7 rings (SSSR count). The summed E-state index contributed by atoms with van der Waals surface area (Å²) in [6, 6.07) is 40.1. The minimum absolute atomic E-state index is 0.0892. The molecule has 0 fully saturated rings. The lowest BCUT2D eigenvalue weighted by atomic mass is 9.95. The topological polar surface area (TPSA) is 38.7 Å². The summed E-state index contributed by atoms with van der Waals surface area (Å²) in [5, 5.41) is 1.08. The lowest BCUT2D eigenvalue weighted by molar-refractivity contribution is 0.440. The van der Waals surface area contributed by atoms with Gasteiger partial charge in [0.05, 0.1) is 19.2 Å². The van der Waals surface area contributed by atoms with Gasteiger partial charge in [-0.05, 0) is 22.3 Å². The molecule has 0 saturated carbocycles. The van der Waals surface area contributed by atoms with Crippen molar-refractivity contribution < 1.29 is 17.6 Å². The first-order chi connectivity index (χ1) is 24.1. The third-order valence-electron chi connectivity index (χ3n) is 8.65. The molecule has 6 aromatic carbocycles. The fourth-order valence-corrected chi connectivity index (χ4v) is 7.02. The highest BCUT2D eigenvalue weighted by Gasteiger charge is 2.27. The molecule has 0 aliphatic heterocycles. The Balaban J connectivity index is 1.21. The minimum atomic E-state index is -1.71. The Hall–Kier alpha value is -5.73. The molecule has 0 saturated heterocycles. The Morgan fingerprint density at radius 1 is 0.340 bits per heavy atom. The van der Waals surface area contributed by atoms with E-state index in [4.69, 9.17) is 15.0 Å². The Labute approximate surface area is 289 Å². The van der Waals surface area contributed by atoms with Crippen molar-refractivity contribution in [2.45, 2.75) is 19.6 Å². The Morgan fingerprint density at radius 2 is 0.660 bits per heavy atom. The first-order valence-electron chi connectivity index (χ1n) is 16.1. The van der Waals surface area contributed by atoms with E-state index in [0.717, 1.165) is 33.0 Å². The predicted molar refractivity (Wildman–Crippen MR) is 195 cm³/mol. The van der Waals surface area contributed by atoms with Gasteiger partial charge >= 0.3 is 0 Å². The number of rotatable bonds is 7. The van der Waals surface area contributed by atoms with Crippen LogP contribution in [-0.4, -0.2) is 23.0 Å². The van der Waals surface area contributed by atoms with Crippen molar-refractivity contribution in [3.8, 4) is 67.5 Å². The molecule has 1 aromatic heterocycles. The van der Waals surface area contributed by atoms with Crippen molar-refractivity contribution in [3.63, 3.8) is 0 Å². The normalized spacial score (nSPS) is 11.5. The molecule has 3 nitrogen and oxygen atoms in total. The second kappa shape index (κ2) is 13.3. The minimum Gasteiger partial charge on any atom is -0.208 e. The van der Waals surface area contributed by atoms with E-state index in [-0.39, 0.29) is 11.1 Å². The van der Waals surface area contributed by atoms with Crippen molar-refractivity contribution in [1.82, 2.24) is 15.0 Å². The summed E-state index contributed by atoms with van der Waals surface area (Å²) < 4.78 is 61.0. The lowest BCUT2D eigenvalue weighted by Gasteiger charge is -2.18. The van der Waals surface area contributed by atoms with Crippen LogP contribution in [0.1, 0.15) is 0 Å². The van der Waals surface area contributed by atoms with Crippen LogP contribution in [0.25, 0.3) is 67.5 Å². The van der Waals surface area contributed by atoms with Crippen molar-refractivity contribution >= 4 is 13.3 Å². The van der Waals surface area contributed by atoms with Gasteiger partial charge in [-0.15, -0.1) is 0 Å². The first kappa shape index (κ1) is 32.8. The molecule has 0 amide bonds. The van der Waals surface area contributed by atoms with E-state index in [9.17, 15) is 4.39 Å². The summed E-state index contributed by atoms with van der Waals surface area (Å²) in [4.78, 5) is 14.3. The largest absolute Gasteiger partial charge is 0.208 e. The van der Waals surface area contributed by atoms with Gasteiger partial charge in [0, 0.05) is 16.7 Å². The van der Waals surface area contributed by atoms with Gasteiger partial charge in [0.2, 0.25) is 0 Å². The van der Waals surface area contributed by atoms with Crippen LogP contribution in [0.5, 0.6) is 0 Å². The van der Waals surface area contributed by atoms with Crippen molar-refractivity contribution in [2.24, 2.45) is 0 Å². The molecule has 0 spiro atoms. The zero-order valence-corrected chi connectivity index (χ0v) is 28.6. The molecule has 0 unspecified atom stereocenters. The fourth-order valence-electron chi connectivity index (χ4n) is 5.86. The maximum Gasteiger partial charge on any atom is 0.195 e. The zero-order valence-electron chi connectivity index (χ0n) is 27.6. The van der Waals surface area contributed by atoms with Crippen LogP contribution in [0, 0.1) is 23.3 Å². The SMILES string of the molecule is C[Si](C)(C)c1ccc(-c2c(F)c(F)c(F)c(-c3ccc(-c4ccc(-c5nc(-c6ccccc6)nc(-c6ccccc6)n5)cc4)cc3)c2F)cc1. The molecule has 0 bridgehead atoms. The summed E-state index contributed by atoms with van der Waals surface area (Å²) in [5.41, 5.74) is 3.12. The maximum atomic E-state index is 15.9. The first-order valence-corrected chi connectivity index (χ1v) is 19.6. The fraction of sp³-hybridized carbons (Fsp3) is 0.0714. The number of hydrogen-bond donors (Lipinski definition) is 0. The highest BCUT2D eigenvalue weighted by molar-refractivity contribution is 6.88. The van der Waals surface area contributed by atoms with Gasteiger partial charge in [-0.1, -0.05) is 158 Å².